The van der Waals surface area contributed by atoms with Crippen LogP contribution in [0.5, 0.6) is 0 Å². The van der Waals surface area contributed by atoms with Gasteiger partial charge in [-0.15, -0.1) is 0 Å². The van der Waals surface area contributed by atoms with Crippen LogP contribution < -0.4 is 0 Å². The molecule has 130 valence electrons. The summed E-state index contributed by atoms with van der Waals surface area (Å²) in [6, 6.07) is 0. The van der Waals surface area contributed by atoms with E-state index in [1.54, 1.807) is 0 Å². The summed E-state index contributed by atoms with van der Waals surface area (Å²) in [5.41, 5.74) is 0. The largest absolute Gasteiger partial charge is 0.538 e. The number of hydrogen-bond donors (Lipinski definition) is 5. The molecule has 2 unspecified atom stereocenters. The molecule has 1 rings (SSSR count). The maximum Gasteiger partial charge on any atom is 0.538 e. The highest BCUT2D eigenvalue weighted by Crippen LogP contribution is 2.66. The Morgan fingerprint density at radius 2 is 1.64 bits per heavy atom. The monoisotopic (exact) mass is 386 g/mol. The van der Waals surface area contributed by atoms with Crippen molar-refractivity contribution in [1.29, 1.82) is 0 Å². The summed E-state index contributed by atoms with van der Waals surface area (Å²) < 4.78 is 48.4. The smallest absolute Gasteiger partial charge is 0.390 e. The zero-order chi connectivity index (χ0) is 17.3. The van der Waals surface area contributed by atoms with Crippen LogP contribution in [0.25, 0.3) is 0 Å². The molecule has 0 aromatic carbocycles. The predicted molar refractivity (Wildman–Crippen MR) is 64.9 cm³/mol. The molecule has 5 N–H and O–H groups in total. The number of phosphoric acid groups is 3. The molecule has 1 saturated heterocycles. The van der Waals surface area contributed by atoms with Crippen molar-refractivity contribution in [2.24, 2.45) is 0 Å². The Labute approximate surface area is 123 Å². The molecule has 0 spiro atoms. The minimum atomic E-state index is -5.71. The first-order chi connectivity index (χ1) is 9.71. The van der Waals surface area contributed by atoms with Gasteiger partial charge in [-0.25, -0.2) is 18.5 Å². The summed E-state index contributed by atoms with van der Waals surface area (Å²) in [6.07, 6.45) is -3.47. The fourth-order valence-corrected chi connectivity index (χ4v) is 4.51. The van der Waals surface area contributed by atoms with Gasteiger partial charge in [-0.1, -0.05) is 0 Å². The highest BCUT2D eigenvalue weighted by Gasteiger charge is 2.46. The highest BCUT2D eigenvalue weighted by molar-refractivity contribution is 7.66. The van der Waals surface area contributed by atoms with Gasteiger partial charge in [0.15, 0.2) is 6.10 Å². The van der Waals surface area contributed by atoms with Crippen molar-refractivity contribution in [3.63, 3.8) is 0 Å². The second kappa shape index (κ2) is 6.76. The third kappa shape index (κ3) is 6.53. The standard InChI is InChI=1S/C6H13O13P3/c1-3-2-4(7)5(16-3)6(8)17-21(12,13)19-22(14,15)18-20(9,10)11/h3-5,7H,2H2,1H3,(H,12,13)(H,14,15)(H2,9,10,11)/t3-,4+,5-/m0/s1. The number of hydrogen-bond acceptors (Lipinski definition) is 9. The van der Waals surface area contributed by atoms with Crippen LogP contribution >= 0.6 is 23.5 Å². The van der Waals surface area contributed by atoms with Gasteiger partial charge in [-0.05, 0) is 6.92 Å². The first-order valence-corrected chi connectivity index (χ1v) is 9.94. The summed E-state index contributed by atoms with van der Waals surface area (Å²) in [4.78, 5) is 46.1. The number of aliphatic hydroxyl groups is 1. The molecule has 1 heterocycles. The molecule has 0 aromatic rings. The van der Waals surface area contributed by atoms with E-state index in [-0.39, 0.29) is 6.42 Å². The lowest BCUT2D eigenvalue weighted by Gasteiger charge is -2.18. The predicted octanol–water partition coefficient (Wildman–Crippen LogP) is -0.605. The summed E-state index contributed by atoms with van der Waals surface area (Å²) in [5, 5.41) is 9.44. The van der Waals surface area contributed by atoms with Gasteiger partial charge >= 0.3 is 29.4 Å². The van der Waals surface area contributed by atoms with Gasteiger partial charge in [-0.2, -0.15) is 8.62 Å². The van der Waals surface area contributed by atoms with Crippen LogP contribution in [0.1, 0.15) is 13.3 Å². The Bertz CT molecular complexity index is 566. The molecular weight excluding hydrogens is 373 g/mol. The summed E-state index contributed by atoms with van der Waals surface area (Å²) >= 11 is 0. The lowest BCUT2D eigenvalue weighted by Crippen LogP contribution is -2.31. The van der Waals surface area contributed by atoms with Gasteiger partial charge in [0.25, 0.3) is 0 Å². The van der Waals surface area contributed by atoms with E-state index in [4.69, 9.17) is 24.3 Å². The van der Waals surface area contributed by atoms with Crippen LogP contribution in [0, 0.1) is 0 Å². The van der Waals surface area contributed by atoms with E-state index in [2.05, 4.69) is 13.1 Å². The van der Waals surface area contributed by atoms with Gasteiger partial charge in [0.05, 0.1) is 12.2 Å². The maximum atomic E-state index is 11.5. The number of carbonyl (C=O) groups excluding carboxylic acids is 1. The Kier molecular flexibility index (Phi) is 6.11. The van der Waals surface area contributed by atoms with Crippen molar-refractivity contribution in [3.8, 4) is 0 Å². The van der Waals surface area contributed by atoms with Crippen LogP contribution in [0.3, 0.4) is 0 Å². The molecule has 0 amide bonds. The van der Waals surface area contributed by atoms with Crippen molar-refractivity contribution < 1.29 is 61.1 Å². The van der Waals surface area contributed by atoms with Crippen LogP contribution in [-0.2, 0) is 36.4 Å². The normalized spacial score (nSPS) is 31.3. The van der Waals surface area contributed by atoms with Crippen LogP contribution in [0.15, 0.2) is 0 Å². The molecular formula is C6H13O13P3. The summed E-state index contributed by atoms with van der Waals surface area (Å²) in [7, 11) is -16.8. The van der Waals surface area contributed by atoms with Gasteiger partial charge < -0.3 is 29.0 Å². The van der Waals surface area contributed by atoms with Crippen LogP contribution in [0.4, 0.5) is 0 Å². The molecule has 0 bridgehead atoms. The van der Waals surface area contributed by atoms with E-state index >= 15 is 0 Å². The molecule has 0 radical (unpaired) electrons. The molecule has 0 saturated carbocycles. The zero-order valence-electron chi connectivity index (χ0n) is 10.8. The molecule has 1 fully saturated rings. The first-order valence-electron chi connectivity index (χ1n) is 5.41. The Morgan fingerprint density at radius 1 is 1.09 bits per heavy atom. The average molecular weight is 386 g/mol. The summed E-state index contributed by atoms with van der Waals surface area (Å²) in [6.45, 7) is 1.50. The topological polar surface area (TPSA) is 206 Å². The van der Waals surface area contributed by atoms with Crippen molar-refractivity contribution in [3.05, 3.63) is 0 Å². The van der Waals surface area contributed by atoms with E-state index < -0.39 is 47.7 Å². The molecule has 1 aliphatic heterocycles. The van der Waals surface area contributed by atoms with Crippen molar-refractivity contribution in [2.75, 3.05) is 0 Å². The first kappa shape index (κ1) is 19.9. The number of rotatable bonds is 6. The quantitative estimate of drug-likeness (QED) is 0.362. The van der Waals surface area contributed by atoms with Crippen molar-refractivity contribution in [1.82, 2.24) is 0 Å². The van der Waals surface area contributed by atoms with Crippen molar-refractivity contribution in [2.45, 2.75) is 31.7 Å². The van der Waals surface area contributed by atoms with Gasteiger partial charge in [0.1, 0.15) is 0 Å². The number of phosphoric ester groups is 1. The van der Waals surface area contributed by atoms with E-state index in [9.17, 15) is 23.6 Å². The SMILES string of the molecule is C[C@H]1C[C@@H](O)[C@@H](C(=O)OP(=O)(O)OP(=O)(O)OP(=O)(O)O)O1. The molecule has 0 aliphatic carbocycles. The Hall–Kier alpha value is -0.160. The minimum absolute atomic E-state index is 0.0379. The Morgan fingerprint density at radius 3 is 2.05 bits per heavy atom. The highest BCUT2D eigenvalue weighted by atomic mass is 31.3. The zero-order valence-corrected chi connectivity index (χ0v) is 13.5. The van der Waals surface area contributed by atoms with Gasteiger partial charge in [-0.3, -0.25) is 4.89 Å². The minimum Gasteiger partial charge on any atom is -0.390 e. The van der Waals surface area contributed by atoms with Crippen molar-refractivity contribution >= 4 is 29.4 Å². The molecule has 5 atom stereocenters. The molecule has 22 heavy (non-hydrogen) atoms. The van der Waals surface area contributed by atoms with E-state index in [1.165, 1.54) is 6.92 Å². The fraction of sp³-hybridized carbons (Fsp3) is 0.833. The number of carbonyl (C=O) groups is 1. The number of aliphatic hydroxyl groups excluding tert-OH is 1. The van der Waals surface area contributed by atoms with Gasteiger partial charge in [0, 0.05) is 6.42 Å². The van der Waals surface area contributed by atoms with E-state index in [0.717, 1.165) is 0 Å². The second-order valence-corrected chi connectivity index (χ2v) is 8.52. The fourth-order valence-electron chi connectivity index (χ4n) is 1.53. The maximum absolute atomic E-state index is 11.5. The molecule has 0 aromatic heterocycles. The molecule has 16 heteroatoms. The third-order valence-electron chi connectivity index (χ3n) is 2.16. The molecule has 13 nitrogen and oxygen atoms in total. The third-order valence-corrected chi connectivity index (χ3v) is 5.89. The number of ether oxygens (including phenoxy) is 1. The average Bonchev–Trinajstić information content (AvgIpc) is 2.50. The van der Waals surface area contributed by atoms with E-state index in [0.29, 0.717) is 0 Å². The second-order valence-electron chi connectivity index (χ2n) is 4.17. The lowest BCUT2D eigenvalue weighted by molar-refractivity contribution is -0.151. The van der Waals surface area contributed by atoms with Crippen LogP contribution in [0.2, 0.25) is 0 Å². The Balaban J connectivity index is 2.71. The lowest BCUT2D eigenvalue weighted by atomic mass is 10.1. The summed E-state index contributed by atoms with van der Waals surface area (Å²) in [5.74, 6) is -1.57. The van der Waals surface area contributed by atoms with E-state index in [1.807, 2.05) is 0 Å². The molecule has 1 aliphatic rings. The van der Waals surface area contributed by atoms with Gasteiger partial charge in [0.2, 0.25) is 0 Å². The van der Waals surface area contributed by atoms with Crippen LogP contribution in [-0.4, -0.2) is 49.0 Å².